The molecule has 130 valence electrons. The third-order valence-electron chi connectivity index (χ3n) is 4.73. The molecule has 3 heteroatoms. The largest absolute Gasteiger partial charge is 0.497 e. The maximum atomic E-state index is 5.44. The van der Waals surface area contributed by atoms with E-state index in [2.05, 4.69) is 68.5 Å². The predicted octanol–water partition coefficient (Wildman–Crippen LogP) is 5.75. The average Bonchev–Trinajstić information content (AvgIpc) is 2.84. The summed E-state index contributed by atoms with van der Waals surface area (Å²) in [6, 6.07) is 16.8. The number of thioether (sulfide) groups is 1. The molecule has 1 aliphatic rings. The molecule has 0 bridgehead atoms. The average molecular weight is 352 g/mol. The van der Waals surface area contributed by atoms with Crippen LogP contribution in [0.1, 0.15) is 37.8 Å². The van der Waals surface area contributed by atoms with Crippen LogP contribution in [0.15, 0.2) is 70.6 Å². The summed E-state index contributed by atoms with van der Waals surface area (Å²) in [7, 11) is 1.72. The lowest BCUT2D eigenvalue weighted by atomic mass is 9.93. The Kier molecular flexibility index (Phi) is 5.64. The van der Waals surface area contributed by atoms with E-state index in [1.54, 1.807) is 7.11 Å². The zero-order chi connectivity index (χ0) is 17.7. The van der Waals surface area contributed by atoms with Crippen LogP contribution in [-0.2, 0) is 0 Å². The summed E-state index contributed by atoms with van der Waals surface area (Å²) in [6.07, 6.45) is 6.36. The number of methoxy groups -OCH3 is 1. The van der Waals surface area contributed by atoms with Crippen molar-refractivity contribution in [3.8, 4) is 5.75 Å². The van der Waals surface area contributed by atoms with E-state index in [-0.39, 0.29) is 5.54 Å². The summed E-state index contributed by atoms with van der Waals surface area (Å²) in [5.41, 5.74) is 3.39. The lowest BCUT2D eigenvalue weighted by molar-refractivity contribution is 0.413. The van der Waals surface area contributed by atoms with Crippen LogP contribution in [0.25, 0.3) is 0 Å². The molecule has 1 aliphatic heterocycles. The van der Waals surface area contributed by atoms with Gasteiger partial charge in [0.1, 0.15) is 5.75 Å². The number of benzene rings is 2. The summed E-state index contributed by atoms with van der Waals surface area (Å²) in [5, 5.41) is 0. The molecule has 0 radical (unpaired) electrons. The number of rotatable bonds is 5. The number of fused-ring (bicyclic) bond motifs is 1. The highest BCUT2D eigenvalue weighted by atomic mass is 32.2. The van der Waals surface area contributed by atoms with Crippen molar-refractivity contribution in [2.24, 2.45) is 4.99 Å². The molecule has 0 aromatic heterocycles. The second-order valence-corrected chi connectivity index (χ2v) is 7.35. The van der Waals surface area contributed by atoms with Crippen molar-refractivity contribution in [2.75, 3.05) is 12.9 Å². The molecule has 0 saturated carbocycles. The van der Waals surface area contributed by atoms with E-state index in [9.17, 15) is 0 Å². The van der Waals surface area contributed by atoms with Crippen molar-refractivity contribution in [1.82, 2.24) is 0 Å². The first kappa shape index (κ1) is 17.8. The molecule has 1 heterocycles. The zero-order valence-corrected chi connectivity index (χ0v) is 16.0. The fraction of sp³-hybridized carbons (Fsp3) is 0.318. The molecular formula is C22H25NOS. The third-order valence-corrected chi connectivity index (χ3v) is 6.06. The summed E-state index contributed by atoms with van der Waals surface area (Å²) in [5.74, 6) is 1.88. The Morgan fingerprint density at radius 1 is 1.20 bits per heavy atom. The Hall–Kier alpha value is -2.00. The number of hydrogen-bond donors (Lipinski definition) is 0. The minimum absolute atomic E-state index is 0.0748. The van der Waals surface area contributed by atoms with E-state index in [1.807, 2.05) is 17.8 Å². The molecule has 0 fully saturated rings. The smallest absolute Gasteiger partial charge is 0.120 e. The molecular weight excluding hydrogens is 326 g/mol. The van der Waals surface area contributed by atoms with Gasteiger partial charge in [0.15, 0.2) is 0 Å². The van der Waals surface area contributed by atoms with E-state index in [0.29, 0.717) is 0 Å². The Labute approximate surface area is 155 Å². The Bertz CT molecular complexity index is 782. The minimum Gasteiger partial charge on any atom is -0.497 e. The van der Waals surface area contributed by atoms with Crippen molar-refractivity contribution in [1.29, 1.82) is 0 Å². The SMILES string of the molecule is CC=CCC1(CC)CSc2cc(OC)ccc2C(c2ccccc2)=N1. The van der Waals surface area contributed by atoms with Crippen molar-refractivity contribution in [3.63, 3.8) is 0 Å². The monoisotopic (exact) mass is 351 g/mol. The second kappa shape index (κ2) is 7.92. The van der Waals surface area contributed by atoms with Crippen LogP contribution in [0.4, 0.5) is 0 Å². The molecule has 0 aliphatic carbocycles. The molecule has 2 aromatic rings. The fourth-order valence-corrected chi connectivity index (χ4v) is 4.40. The molecule has 0 N–H and O–H groups in total. The van der Waals surface area contributed by atoms with Gasteiger partial charge < -0.3 is 4.74 Å². The summed E-state index contributed by atoms with van der Waals surface area (Å²) < 4.78 is 5.44. The molecule has 2 nitrogen and oxygen atoms in total. The number of nitrogens with zero attached hydrogens (tertiary/aromatic N) is 1. The number of ether oxygens (including phenoxy) is 1. The van der Waals surface area contributed by atoms with Gasteiger partial charge in [-0.05, 0) is 38.0 Å². The van der Waals surface area contributed by atoms with Gasteiger partial charge in [-0.3, -0.25) is 4.99 Å². The van der Waals surface area contributed by atoms with Gasteiger partial charge in [-0.15, -0.1) is 11.8 Å². The number of allylic oxidation sites excluding steroid dienone is 1. The number of aliphatic imine (C=N–C) groups is 1. The Balaban J connectivity index is 2.16. The van der Waals surface area contributed by atoms with Gasteiger partial charge in [0.2, 0.25) is 0 Å². The van der Waals surface area contributed by atoms with Crippen LogP contribution >= 0.6 is 11.8 Å². The van der Waals surface area contributed by atoms with Crippen LogP contribution in [-0.4, -0.2) is 24.1 Å². The zero-order valence-electron chi connectivity index (χ0n) is 15.2. The molecule has 0 saturated heterocycles. The van der Waals surface area contributed by atoms with Gasteiger partial charge >= 0.3 is 0 Å². The van der Waals surface area contributed by atoms with Gasteiger partial charge in [-0.2, -0.15) is 0 Å². The van der Waals surface area contributed by atoms with Gasteiger partial charge in [0.25, 0.3) is 0 Å². The first-order chi connectivity index (χ1) is 12.2. The van der Waals surface area contributed by atoms with E-state index in [1.165, 1.54) is 16.0 Å². The number of hydrogen-bond acceptors (Lipinski definition) is 3. The highest BCUT2D eigenvalue weighted by molar-refractivity contribution is 7.99. The van der Waals surface area contributed by atoms with E-state index in [4.69, 9.17) is 9.73 Å². The topological polar surface area (TPSA) is 21.6 Å². The second-order valence-electron chi connectivity index (χ2n) is 6.33. The van der Waals surface area contributed by atoms with E-state index < -0.39 is 0 Å². The summed E-state index contributed by atoms with van der Waals surface area (Å²) in [4.78, 5) is 6.58. The molecule has 2 aromatic carbocycles. The van der Waals surface area contributed by atoms with Crippen molar-refractivity contribution < 1.29 is 4.74 Å². The van der Waals surface area contributed by atoms with Gasteiger partial charge in [-0.1, -0.05) is 49.4 Å². The molecule has 0 spiro atoms. The maximum Gasteiger partial charge on any atom is 0.120 e. The summed E-state index contributed by atoms with van der Waals surface area (Å²) in [6.45, 7) is 4.32. The fourth-order valence-electron chi connectivity index (χ4n) is 3.07. The van der Waals surface area contributed by atoms with Gasteiger partial charge in [0, 0.05) is 21.8 Å². The predicted molar refractivity (Wildman–Crippen MR) is 108 cm³/mol. The van der Waals surface area contributed by atoms with Crippen molar-refractivity contribution in [2.45, 2.75) is 37.1 Å². The molecule has 0 amide bonds. The lowest BCUT2D eigenvalue weighted by Crippen LogP contribution is -2.29. The van der Waals surface area contributed by atoms with Crippen LogP contribution in [0, 0.1) is 0 Å². The maximum absolute atomic E-state index is 5.44. The molecule has 1 unspecified atom stereocenters. The quantitative estimate of drug-likeness (QED) is 0.639. The standard InChI is InChI=1S/C22H25NOS/c1-4-6-14-22(5-2)16-25-20-15-18(24-3)12-13-19(20)21(23-22)17-10-8-7-9-11-17/h4,6-13,15H,5,14,16H2,1-3H3. The van der Waals surface area contributed by atoms with Crippen molar-refractivity contribution >= 4 is 17.5 Å². The van der Waals surface area contributed by atoms with E-state index >= 15 is 0 Å². The van der Waals surface area contributed by atoms with Gasteiger partial charge in [0.05, 0.1) is 18.4 Å². The Morgan fingerprint density at radius 2 is 2.00 bits per heavy atom. The highest BCUT2D eigenvalue weighted by Gasteiger charge is 2.31. The normalized spacial score (nSPS) is 20.0. The first-order valence-corrected chi connectivity index (χ1v) is 9.77. The van der Waals surface area contributed by atoms with Crippen LogP contribution in [0.5, 0.6) is 5.75 Å². The van der Waals surface area contributed by atoms with Crippen molar-refractivity contribution in [3.05, 3.63) is 71.8 Å². The van der Waals surface area contributed by atoms with Crippen LogP contribution in [0.3, 0.4) is 0 Å². The van der Waals surface area contributed by atoms with E-state index in [0.717, 1.165) is 30.1 Å². The lowest BCUT2D eigenvalue weighted by Gasteiger charge is -2.26. The molecule has 1 atom stereocenters. The third kappa shape index (κ3) is 3.82. The Morgan fingerprint density at radius 3 is 2.68 bits per heavy atom. The van der Waals surface area contributed by atoms with Crippen LogP contribution in [0.2, 0.25) is 0 Å². The molecule has 3 rings (SSSR count). The molecule has 25 heavy (non-hydrogen) atoms. The minimum atomic E-state index is -0.0748. The highest BCUT2D eigenvalue weighted by Crippen LogP contribution is 2.39. The summed E-state index contributed by atoms with van der Waals surface area (Å²) >= 11 is 1.89. The van der Waals surface area contributed by atoms with Gasteiger partial charge in [-0.25, -0.2) is 0 Å². The van der Waals surface area contributed by atoms with Crippen LogP contribution < -0.4 is 4.74 Å². The first-order valence-electron chi connectivity index (χ1n) is 8.79.